The molecule has 5 heteroatoms. The third-order valence-electron chi connectivity index (χ3n) is 2.48. The van der Waals surface area contributed by atoms with E-state index in [9.17, 15) is 0 Å². The van der Waals surface area contributed by atoms with E-state index in [-0.39, 0.29) is 0 Å². The molecule has 0 aliphatic carbocycles. The predicted molar refractivity (Wildman–Crippen MR) is 88.9 cm³/mol. The standard InChI is InChI=1S/C14H15IN4/c1-19(2)14-8-3-11(9-16-14)10-17-18-13-6-4-12(15)5-7-13/h3-10,18H,1-2H3. The first-order valence-corrected chi connectivity index (χ1v) is 6.91. The van der Waals surface area contributed by atoms with Crippen molar-refractivity contribution in [2.45, 2.75) is 0 Å². The van der Waals surface area contributed by atoms with Gasteiger partial charge < -0.3 is 4.90 Å². The Bertz CT molecular complexity index is 547. The Hall–Kier alpha value is -1.63. The maximum absolute atomic E-state index is 4.32. The molecule has 0 spiro atoms. The van der Waals surface area contributed by atoms with Gasteiger partial charge in [0.05, 0.1) is 11.9 Å². The highest BCUT2D eigenvalue weighted by atomic mass is 127. The number of nitrogens with one attached hydrogen (secondary N) is 1. The van der Waals surface area contributed by atoms with Crippen molar-refractivity contribution in [1.29, 1.82) is 0 Å². The fourth-order valence-corrected chi connectivity index (χ4v) is 1.80. The maximum Gasteiger partial charge on any atom is 0.127 e. The molecular weight excluding hydrogens is 351 g/mol. The predicted octanol–water partition coefficient (Wildman–Crippen LogP) is 3.20. The summed E-state index contributed by atoms with van der Waals surface area (Å²) in [6.45, 7) is 0. The minimum atomic E-state index is 0.933. The first-order valence-electron chi connectivity index (χ1n) is 5.83. The van der Waals surface area contributed by atoms with Gasteiger partial charge in [-0.05, 0) is 59.0 Å². The van der Waals surface area contributed by atoms with Gasteiger partial charge in [0.25, 0.3) is 0 Å². The van der Waals surface area contributed by atoms with Crippen molar-refractivity contribution in [1.82, 2.24) is 4.98 Å². The number of hydrogen-bond acceptors (Lipinski definition) is 4. The molecule has 0 bridgehead atoms. The van der Waals surface area contributed by atoms with Gasteiger partial charge >= 0.3 is 0 Å². The van der Waals surface area contributed by atoms with Crippen molar-refractivity contribution in [2.24, 2.45) is 5.10 Å². The lowest BCUT2D eigenvalue weighted by Crippen LogP contribution is -2.10. The molecule has 0 saturated heterocycles. The molecular formula is C14H15IN4. The molecule has 0 fully saturated rings. The van der Waals surface area contributed by atoms with E-state index in [0.29, 0.717) is 0 Å². The zero-order valence-corrected chi connectivity index (χ0v) is 13.0. The lowest BCUT2D eigenvalue weighted by atomic mass is 10.3. The molecule has 0 radical (unpaired) electrons. The molecule has 1 aromatic heterocycles. The number of hydrogen-bond donors (Lipinski definition) is 1. The van der Waals surface area contributed by atoms with Crippen molar-refractivity contribution in [3.05, 3.63) is 51.7 Å². The van der Waals surface area contributed by atoms with Gasteiger partial charge in [-0.25, -0.2) is 4.98 Å². The number of halogens is 1. The van der Waals surface area contributed by atoms with E-state index in [0.717, 1.165) is 17.1 Å². The highest BCUT2D eigenvalue weighted by Gasteiger charge is 1.95. The van der Waals surface area contributed by atoms with E-state index >= 15 is 0 Å². The Morgan fingerprint density at radius 3 is 2.47 bits per heavy atom. The van der Waals surface area contributed by atoms with Crippen LogP contribution in [0.2, 0.25) is 0 Å². The normalized spacial score (nSPS) is 10.7. The van der Waals surface area contributed by atoms with E-state index in [1.807, 2.05) is 55.4 Å². The Morgan fingerprint density at radius 1 is 1.16 bits per heavy atom. The van der Waals surface area contributed by atoms with Crippen LogP contribution in [0.4, 0.5) is 11.5 Å². The van der Waals surface area contributed by atoms with Gasteiger partial charge in [0.15, 0.2) is 0 Å². The molecule has 0 amide bonds. The summed E-state index contributed by atoms with van der Waals surface area (Å²) in [7, 11) is 3.93. The summed E-state index contributed by atoms with van der Waals surface area (Å²) in [5.74, 6) is 0.933. The van der Waals surface area contributed by atoms with Crippen LogP contribution in [0.15, 0.2) is 47.7 Å². The Labute approximate surface area is 126 Å². The highest BCUT2D eigenvalue weighted by molar-refractivity contribution is 14.1. The average Bonchev–Trinajstić information content (AvgIpc) is 2.41. The van der Waals surface area contributed by atoms with E-state index in [1.54, 1.807) is 12.4 Å². The smallest absolute Gasteiger partial charge is 0.127 e. The van der Waals surface area contributed by atoms with Gasteiger partial charge in [-0.15, -0.1) is 0 Å². The number of anilines is 2. The summed E-state index contributed by atoms with van der Waals surface area (Å²) in [5, 5.41) is 4.18. The van der Waals surface area contributed by atoms with Crippen LogP contribution in [0.1, 0.15) is 5.56 Å². The molecule has 0 unspecified atom stereocenters. The monoisotopic (exact) mass is 366 g/mol. The third-order valence-corrected chi connectivity index (χ3v) is 3.20. The quantitative estimate of drug-likeness (QED) is 0.513. The summed E-state index contributed by atoms with van der Waals surface area (Å²) in [5.41, 5.74) is 4.91. The topological polar surface area (TPSA) is 40.5 Å². The second-order valence-electron chi connectivity index (χ2n) is 4.22. The van der Waals surface area contributed by atoms with Gasteiger partial charge in [0.1, 0.15) is 5.82 Å². The molecule has 0 aliphatic rings. The van der Waals surface area contributed by atoms with Crippen LogP contribution in [0.3, 0.4) is 0 Å². The fourth-order valence-electron chi connectivity index (χ4n) is 1.44. The van der Waals surface area contributed by atoms with Crippen molar-refractivity contribution < 1.29 is 0 Å². The number of nitrogens with zero attached hydrogens (tertiary/aromatic N) is 3. The van der Waals surface area contributed by atoms with Gasteiger partial charge in [0.2, 0.25) is 0 Å². The van der Waals surface area contributed by atoms with E-state index in [4.69, 9.17) is 0 Å². The van der Waals surface area contributed by atoms with Gasteiger partial charge in [-0.3, -0.25) is 5.43 Å². The van der Waals surface area contributed by atoms with Crippen molar-refractivity contribution in [3.8, 4) is 0 Å². The van der Waals surface area contributed by atoms with Crippen LogP contribution in [-0.4, -0.2) is 25.3 Å². The molecule has 2 aromatic rings. The Kier molecular flexibility index (Phi) is 4.73. The average molecular weight is 366 g/mol. The molecule has 19 heavy (non-hydrogen) atoms. The molecule has 4 nitrogen and oxygen atoms in total. The zero-order chi connectivity index (χ0) is 13.7. The van der Waals surface area contributed by atoms with Gasteiger partial charge in [-0.1, -0.05) is 0 Å². The molecule has 1 aromatic carbocycles. The molecule has 0 aliphatic heterocycles. The minimum Gasteiger partial charge on any atom is -0.363 e. The summed E-state index contributed by atoms with van der Waals surface area (Å²) in [6.07, 6.45) is 3.55. The second-order valence-corrected chi connectivity index (χ2v) is 5.47. The summed E-state index contributed by atoms with van der Waals surface area (Å²) >= 11 is 2.27. The molecule has 0 atom stereocenters. The highest BCUT2D eigenvalue weighted by Crippen LogP contribution is 2.11. The maximum atomic E-state index is 4.32. The van der Waals surface area contributed by atoms with Crippen molar-refractivity contribution in [3.63, 3.8) is 0 Å². The summed E-state index contributed by atoms with van der Waals surface area (Å²) in [6, 6.07) is 12.0. The molecule has 2 rings (SSSR count). The number of hydrazone groups is 1. The molecule has 1 N–H and O–H groups in total. The van der Waals surface area contributed by atoms with E-state index in [2.05, 4.69) is 38.1 Å². The Morgan fingerprint density at radius 2 is 1.89 bits per heavy atom. The first-order chi connectivity index (χ1) is 9.15. The van der Waals surface area contributed by atoms with Crippen LogP contribution in [0.5, 0.6) is 0 Å². The number of benzene rings is 1. The molecule has 98 valence electrons. The molecule has 0 saturated carbocycles. The summed E-state index contributed by atoms with van der Waals surface area (Å²) in [4.78, 5) is 6.28. The Balaban J connectivity index is 1.97. The van der Waals surface area contributed by atoms with Crippen LogP contribution in [-0.2, 0) is 0 Å². The lowest BCUT2D eigenvalue weighted by molar-refractivity contribution is 1.07. The van der Waals surface area contributed by atoms with E-state index < -0.39 is 0 Å². The largest absolute Gasteiger partial charge is 0.363 e. The number of rotatable bonds is 4. The van der Waals surface area contributed by atoms with Gasteiger partial charge in [-0.2, -0.15) is 5.10 Å². The van der Waals surface area contributed by atoms with Crippen LogP contribution in [0, 0.1) is 3.57 Å². The summed E-state index contributed by atoms with van der Waals surface area (Å²) < 4.78 is 1.20. The second kappa shape index (κ2) is 6.51. The van der Waals surface area contributed by atoms with Crippen molar-refractivity contribution >= 4 is 40.3 Å². The zero-order valence-electron chi connectivity index (χ0n) is 10.8. The number of pyridine rings is 1. The SMILES string of the molecule is CN(C)c1ccc(C=NNc2ccc(I)cc2)cn1. The number of aromatic nitrogens is 1. The van der Waals surface area contributed by atoms with Crippen LogP contribution >= 0.6 is 22.6 Å². The minimum absolute atomic E-state index is 0.933. The lowest BCUT2D eigenvalue weighted by Gasteiger charge is -2.10. The third kappa shape index (κ3) is 4.20. The fraction of sp³-hybridized carbons (Fsp3) is 0.143. The van der Waals surface area contributed by atoms with Crippen LogP contribution in [0.25, 0.3) is 0 Å². The molecule has 1 heterocycles. The van der Waals surface area contributed by atoms with Gasteiger partial charge in [0, 0.05) is 29.4 Å². The first kappa shape index (κ1) is 13.8. The van der Waals surface area contributed by atoms with E-state index in [1.165, 1.54) is 3.57 Å². The van der Waals surface area contributed by atoms with Crippen LogP contribution < -0.4 is 10.3 Å². The van der Waals surface area contributed by atoms with Crippen molar-refractivity contribution in [2.75, 3.05) is 24.4 Å².